The maximum absolute atomic E-state index is 12.9. The van der Waals surface area contributed by atoms with Crippen molar-refractivity contribution in [2.24, 2.45) is 0 Å². The number of carboxylic acids is 1. The Bertz CT molecular complexity index is 1200. The number of benzene rings is 3. The zero-order valence-corrected chi connectivity index (χ0v) is 18.5. The summed E-state index contributed by atoms with van der Waals surface area (Å²) in [7, 11) is 0. The van der Waals surface area contributed by atoms with E-state index in [1.165, 1.54) is 9.80 Å². The summed E-state index contributed by atoms with van der Waals surface area (Å²) in [6.45, 7) is 0.367. The quantitative estimate of drug-likeness (QED) is 0.645. The number of piperazine rings is 1. The third-order valence-corrected chi connectivity index (χ3v) is 6.54. The van der Waals surface area contributed by atoms with Crippen LogP contribution >= 0.6 is 0 Å². The Morgan fingerprint density at radius 1 is 0.824 bits per heavy atom. The molecule has 1 atom stereocenters. The molecule has 5 rings (SSSR count). The molecule has 1 heterocycles. The van der Waals surface area contributed by atoms with Crippen molar-refractivity contribution in [2.75, 3.05) is 26.2 Å². The highest BCUT2D eigenvalue weighted by Gasteiger charge is 2.38. The molecule has 0 bridgehead atoms. The molecule has 1 aliphatic carbocycles. The molecule has 2 amide bonds. The minimum atomic E-state index is -1.15. The number of rotatable bonds is 4. The van der Waals surface area contributed by atoms with Crippen molar-refractivity contribution in [2.45, 2.75) is 12.0 Å². The number of fused-ring (bicyclic) bond motifs is 3. The molecule has 3 aromatic carbocycles. The van der Waals surface area contributed by atoms with Crippen molar-refractivity contribution in [3.63, 3.8) is 0 Å². The van der Waals surface area contributed by atoms with Crippen molar-refractivity contribution < 1.29 is 24.2 Å². The lowest BCUT2D eigenvalue weighted by Gasteiger charge is -2.38. The minimum Gasteiger partial charge on any atom is -0.480 e. The van der Waals surface area contributed by atoms with Crippen molar-refractivity contribution in [3.05, 3.63) is 95.6 Å². The van der Waals surface area contributed by atoms with E-state index in [2.05, 4.69) is 12.1 Å². The molecule has 1 aliphatic heterocycles. The van der Waals surface area contributed by atoms with E-state index in [4.69, 9.17) is 4.74 Å². The van der Waals surface area contributed by atoms with Gasteiger partial charge >= 0.3 is 12.1 Å². The molecule has 172 valence electrons. The third kappa shape index (κ3) is 3.90. The predicted octanol–water partition coefficient (Wildman–Crippen LogP) is 3.85. The Morgan fingerprint density at radius 3 is 2.03 bits per heavy atom. The molecule has 1 fully saturated rings. The number of carbonyl (C=O) groups excluding carboxylic acids is 2. The second kappa shape index (κ2) is 9.02. The fourth-order valence-electron chi connectivity index (χ4n) is 4.84. The maximum atomic E-state index is 12.9. The predicted molar refractivity (Wildman–Crippen MR) is 126 cm³/mol. The van der Waals surface area contributed by atoms with Crippen LogP contribution in [0.25, 0.3) is 11.1 Å². The van der Waals surface area contributed by atoms with Crippen LogP contribution in [0.15, 0.2) is 78.9 Å². The third-order valence-electron chi connectivity index (χ3n) is 6.54. The highest BCUT2D eigenvalue weighted by molar-refractivity contribution is 5.97. The van der Waals surface area contributed by atoms with Gasteiger partial charge in [0.1, 0.15) is 12.6 Å². The summed E-state index contributed by atoms with van der Waals surface area (Å²) in [5, 5.41) is 9.75. The number of carboxylic acid groups (broad SMARTS) is 1. The van der Waals surface area contributed by atoms with Gasteiger partial charge in [0, 0.05) is 24.6 Å². The average molecular weight is 456 g/mol. The number of amides is 2. The van der Waals surface area contributed by atoms with Crippen molar-refractivity contribution >= 4 is 18.0 Å². The zero-order chi connectivity index (χ0) is 23.7. The molecule has 2 aliphatic rings. The summed E-state index contributed by atoms with van der Waals surface area (Å²) in [6.07, 6.45) is -0.570. The fraction of sp³-hybridized carbons (Fsp3) is 0.222. The lowest BCUT2D eigenvalue weighted by Crippen LogP contribution is -2.59. The first kappa shape index (κ1) is 21.7. The molecule has 3 aromatic rings. The van der Waals surface area contributed by atoms with Gasteiger partial charge in [0.2, 0.25) is 0 Å². The van der Waals surface area contributed by atoms with Crippen molar-refractivity contribution in [1.29, 1.82) is 0 Å². The monoisotopic (exact) mass is 456 g/mol. The van der Waals surface area contributed by atoms with Gasteiger partial charge in [-0.3, -0.25) is 4.79 Å². The highest BCUT2D eigenvalue weighted by Crippen LogP contribution is 2.44. The molecule has 0 saturated carbocycles. The van der Waals surface area contributed by atoms with E-state index in [-0.39, 0.29) is 38.1 Å². The molecule has 1 saturated heterocycles. The second-order valence-electron chi connectivity index (χ2n) is 8.47. The Morgan fingerprint density at radius 2 is 1.41 bits per heavy atom. The molecule has 7 heteroatoms. The van der Waals surface area contributed by atoms with Crippen LogP contribution in [-0.2, 0) is 9.53 Å². The topological polar surface area (TPSA) is 87.2 Å². The fourth-order valence-corrected chi connectivity index (χ4v) is 4.84. The van der Waals surface area contributed by atoms with E-state index in [1.807, 2.05) is 36.4 Å². The van der Waals surface area contributed by atoms with Crippen LogP contribution in [0.5, 0.6) is 0 Å². The van der Waals surface area contributed by atoms with Crippen LogP contribution in [0.4, 0.5) is 4.79 Å². The smallest absolute Gasteiger partial charge is 0.409 e. The Hall–Kier alpha value is -4.13. The standard InChI is InChI=1S/C27H24N2O5/c30-25(18-8-2-1-3-9-18)29-15-14-28(16-24(29)26(31)32)27(33)34-17-23-21-12-6-4-10-19(21)20-11-5-7-13-22(20)23/h1-13,23-24H,14-17H2,(H,31,32). The van der Waals surface area contributed by atoms with E-state index >= 15 is 0 Å². The van der Waals surface area contributed by atoms with Crippen LogP contribution in [0.3, 0.4) is 0 Å². The summed E-state index contributed by atoms with van der Waals surface area (Å²) < 4.78 is 5.68. The molecule has 0 aromatic heterocycles. The Kier molecular flexibility index (Phi) is 5.76. The zero-order valence-electron chi connectivity index (χ0n) is 18.5. The van der Waals surface area contributed by atoms with Gasteiger partial charge in [-0.1, -0.05) is 66.7 Å². The lowest BCUT2D eigenvalue weighted by molar-refractivity contribution is -0.144. The van der Waals surface area contributed by atoms with Gasteiger partial charge in [0.05, 0.1) is 6.54 Å². The van der Waals surface area contributed by atoms with Gasteiger partial charge in [-0.15, -0.1) is 0 Å². The summed E-state index contributed by atoms with van der Waals surface area (Å²) in [5.41, 5.74) is 4.91. The normalized spacial score (nSPS) is 17.1. The lowest BCUT2D eigenvalue weighted by atomic mass is 9.98. The molecular weight excluding hydrogens is 432 g/mol. The first-order valence-electron chi connectivity index (χ1n) is 11.2. The van der Waals surface area contributed by atoms with Gasteiger partial charge in [-0.2, -0.15) is 0 Å². The summed E-state index contributed by atoms with van der Waals surface area (Å²) in [4.78, 5) is 40.4. The van der Waals surface area contributed by atoms with Crippen LogP contribution in [-0.4, -0.2) is 65.2 Å². The second-order valence-corrected chi connectivity index (χ2v) is 8.47. The SMILES string of the molecule is O=C(O)C1CN(C(=O)OCC2c3ccccc3-c3ccccc32)CCN1C(=O)c1ccccc1. The summed E-state index contributed by atoms with van der Waals surface area (Å²) >= 11 is 0. The number of hydrogen-bond acceptors (Lipinski definition) is 4. The molecule has 7 nitrogen and oxygen atoms in total. The van der Waals surface area contributed by atoms with Crippen LogP contribution in [0.1, 0.15) is 27.4 Å². The number of hydrogen-bond donors (Lipinski definition) is 1. The van der Waals surface area contributed by atoms with E-state index in [9.17, 15) is 19.5 Å². The molecule has 0 spiro atoms. The molecular formula is C27H24N2O5. The number of nitrogens with zero attached hydrogens (tertiary/aromatic N) is 2. The van der Waals surface area contributed by atoms with Crippen LogP contribution in [0.2, 0.25) is 0 Å². The molecule has 0 radical (unpaired) electrons. The van der Waals surface area contributed by atoms with Crippen LogP contribution in [0, 0.1) is 0 Å². The van der Waals surface area contributed by atoms with E-state index in [0.717, 1.165) is 22.3 Å². The van der Waals surface area contributed by atoms with Gasteiger partial charge in [-0.05, 0) is 34.4 Å². The van der Waals surface area contributed by atoms with Gasteiger partial charge in [-0.25, -0.2) is 9.59 Å². The first-order valence-corrected chi connectivity index (χ1v) is 11.2. The number of carbonyl (C=O) groups is 3. The Balaban J connectivity index is 1.27. The van der Waals surface area contributed by atoms with Gasteiger partial charge in [0.15, 0.2) is 0 Å². The van der Waals surface area contributed by atoms with E-state index in [1.54, 1.807) is 30.3 Å². The summed E-state index contributed by atoms with van der Waals surface area (Å²) in [5.74, 6) is -1.59. The maximum Gasteiger partial charge on any atom is 0.409 e. The van der Waals surface area contributed by atoms with Crippen LogP contribution < -0.4 is 0 Å². The molecule has 1 N–H and O–H groups in total. The summed E-state index contributed by atoms with van der Waals surface area (Å²) in [6, 6.07) is 23.6. The highest BCUT2D eigenvalue weighted by atomic mass is 16.6. The van der Waals surface area contributed by atoms with Crippen molar-refractivity contribution in [3.8, 4) is 11.1 Å². The van der Waals surface area contributed by atoms with E-state index < -0.39 is 18.1 Å². The average Bonchev–Trinajstić information content (AvgIpc) is 3.20. The number of ether oxygens (including phenoxy) is 1. The molecule has 34 heavy (non-hydrogen) atoms. The van der Waals surface area contributed by atoms with Crippen molar-refractivity contribution in [1.82, 2.24) is 9.80 Å². The largest absolute Gasteiger partial charge is 0.480 e. The van der Waals surface area contributed by atoms with Gasteiger partial charge < -0.3 is 19.6 Å². The number of aliphatic carboxylic acids is 1. The molecule has 1 unspecified atom stereocenters. The Labute approximate surface area is 197 Å². The minimum absolute atomic E-state index is 0.0763. The van der Waals surface area contributed by atoms with Gasteiger partial charge in [0.25, 0.3) is 5.91 Å². The van der Waals surface area contributed by atoms with E-state index in [0.29, 0.717) is 5.56 Å². The first-order chi connectivity index (χ1) is 16.5.